The summed E-state index contributed by atoms with van der Waals surface area (Å²) in [4.78, 5) is 31.3. The van der Waals surface area contributed by atoms with Crippen LogP contribution in [0.25, 0.3) is 20.3 Å². The molecule has 1 aromatic carbocycles. The summed E-state index contributed by atoms with van der Waals surface area (Å²) in [5.41, 5.74) is 0.293. The van der Waals surface area contributed by atoms with E-state index in [1.807, 2.05) is 29.2 Å². The number of morpholine rings is 1. The Morgan fingerprint density at radius 2 is 1.96 bits per heavy atom. The van der Waals surface area contributed by atoms with Gasteiger partial charge in [-0.25, -0.2) is 4.98 Å². The van der Waals surface area contributed by atoms with Gasteiger partial charge in [-0.1, -0.05) is 12.1 Å². The molecule has 7 heteroatoms. The van der Waals surface area contributed by atoms with E-state index in [1.165, 1.54) is 11.3 Å². The van der Waals surface area contributed by atoms with Crippen molar-refractivity contribution in [3.8, 4) is 0 Å². The molecule has 2 aromatic heterocycles. The van der Waals surface area contributed by atoms with Gasteiger partial charge in [0.2, 0.25) is 11.3 Å². The van der Waals surface area contributed by atoms with E-state index >= 15 is 0 Å². The van der Waals surface area contributed by atoms with Gasteiger partial charge in [0, 0.05) is 23.2 Å². The molecule has 0 spiro atoms. The Bertz CT molecular complexity index is 996. The lowest BCUT2D eigenvalue weighted by molar-refractivity contribution is -0.118. The number of nitrogens with zero attached hydrogens (tertiary/aromatic N) is 2. The summed E-state index contributed by atoms with van der Waals surface area (Å²) in [6.45, 7) is 3.09. The number of rotatable bonds is 3. The number of amides is 1. The van der Waals surface area contributed by atoms with E-state index < -0.39 is 0 Å². The van der Waals surface area contributed by atoms with Gasteiger partial charge < -0.3 is 10.1 Å². The minimum absolute atomic E-state index is 0.103. The van der Waals surface area contributed by atoms with Crippen molar-refractivity contribution in [3.63, 3.8) is 0 Å². The number of carbonyl (C=O) groups is 1. The number of carbonyl (C=O) groups excluding carboxylic acids is 1. The van der Waals surface area contributed by atoms with Gasteiger partial charge in [-0.15, -0.1) is 11.3 Å². The molecule has 1 N–H and O–H groups in total. The number of hydrogen-bond acceptors (Lipinski definition) is 6. The zero-order chi connectivity index (χ0) is 17.2. The number of pyridine rings is 1. The minimum Gasteiger partial charge on any atom is -0.379 e. The average molecular weight is 355 g/mol. The zero-order valence-corrected chi connectivity index (χ0v) is 14.3. The highest BCUT2D eigenvalue weighted by Crippen LogP contribution is 2.24. The molecule has 1 saturated heterocycles. The molecule has 0 atom stereocenters. The van der Waals surface area contributed by atoms with Crippen molar-refractivity contribution >= 4 is 43.4 Å². The molecule has 128 valence electrons. The summed E-state index contributed by atoms with van der Waals surface area (Å²) < 4.78 is 7.03. The van der Waals surface area contributed by atoms with Gasteiger partial charge in [0.25, 0.3) is 0 Å². The molecule has 3 aromatic rings. The van der Waals surface area contributed by atoms with Gasteiger partial charge in [0.1, 0.15) is 11.3 Å². The van der Waals surface area contributed by atoms with Gasteiger partial charge in [-0.2, -0.15) is 0 Å². The van der Waals surface area contributed by atoms with Gasteiger partial charge >= 0.3 is 0 Å². The lowest BCUT2D eigenvalue weighted by atomic mass is 10.2. The van der Waals surface area contributed by atoms with Gasteiger partial charge in [-0.05, 0) is 24.3 Å². The molecule has 0 unspecified atom stereocenters. The molecule has 0 radical (unpaired) electrons. The summed E-state index contributed by atoms with van der Waals surface area (Å²) in [6, 6.07) is 11.1. The van der Waals surface area contributed by atoms with Gasteiger partial charge in [0.05, 0.1) is 24.5 Å². The third-order valence-corrected chi connectivity index (χ3v) is 5.29. The number of fused-ring (bicyclic) bond motifs is 2. The topological polar surface area (TPSA) is 71.5 Å². The van der Waals surface area contributed by atoms with Gasteiger partial charge in [0.15, 0.2) is 0 Å². The van der Waals surface area contributed by atoms with E-state index in [1.54, 1.807) is 12.1 Å². The monoisotopic (exact) mass is 355 g/mol. The smallest absolute Gasteiger partial charge is 0.239 e. The largest absolute Gasteiger partial charge is 0.379 e. The van der Waals surface area contributed by atoms with Crippen LogP contribution in [-0.2, 0) is 9.53 Å². The summed E-state index contributed by atoms with van der Waals surface area (Å²) in [6.07, 6.45) is 0. The number of anilines is 1. The number of hydrogen-bond donors (Lipinski definition) is 1. The molecule has 6 nitrogen and oxygen atoms in total. The second-order valence-corrected chi connectivity index (χ2v) is 6.99. The highest BCUT2D eigenvalue weighted by atomic mass is 32.1. The highest BCUT2D eigenvalue weighted by molar-refractivity contribution is 7.24. The van der Waals surface area contributed by atoms with E-state index in [4.69, 9.17) is 4.74 Å². The first-order valence-corrected chi connectivity index (χ1v) is 8.95. The summed E-state index contributed by atoms with van der Waals surface area (Å²) in [5.74, 6) is 0.274. The molecule has 0 aliphatic carbocycles. The van der Waals surface area contributed by atoms with Gasteiger partial charge in [-0.3, -0.25) is 14.5 Å². The molecule has 1 aliphatic rings. The zero-order valence-electron chi connectivity index (χ0n) is 13.5. The maximum absolute atomic E-state index is 12.7. The van der Waals surface area contributed by atoms with Crippen LogP contribution in [0.5, 0.6) is 0 Å². The van der Waals surface area contributed by atoms with Crippen LogP contribution in [0.15, 0.2) is 41.2 Å². The fourth-order valence-electron chi connectivity index (χ4n) is 2.90. The van der Waals surface area contributed by atoms with Crippen LogP contribution in [0.4, 0.5) is 5.82 Å². The highest BCUT2D eigenvalue weighted by Gasteiger charge is 2.15. The van der Waals surface area contributed by atoms with Crippen molar-refractivity contribution in [1.82, 2.24) is 9.88 Å². The van der Waals surface area contributed by atoms with E-state index in [2.05, 4.69) is 10.3 Å². The first kappa shape index (κ1) is 16.1. The Labute approximate surface area is 148 Å². The summed E-state index contributed by atoms with van der Waals surface area (Å²) >= 11 is 1.52. The predicted octanol–water partition coefficient (Wildman–Crippen LogP) is 2.08. The Morgan fingerprint density at radius 3 is 2.80 bits per heavy atom. The number of aromatic nitrogens is 1. The quantitative estimate of drug-likeness (QED) is 0.729. The van der Waals surface area contributed by atoms with Crippen LogP contribution in [0.3, 0.4) is 0 Å². The molecule has 1 aliphatic heterocycles. The Morgan fingerprint density at radius 1 is 1.16 bits per heavy atom. The third kappa shape index (κ3) is 3.39. The average Bonchev–Trinajstić information content (AvgIpc) is 2.63. The first-order valence-electron chi connectivity index (χ1n) is 8.13. The maximum Gasteiger partial charge on any atom is 0.239 e. The lowest BCUT2D eigenvalue weighted by Gasteiger charge is -2.25. The Kier molecular flexibility index (Phi) is 4.44. The fourth-order valence-corrected chi connectivity index (χ4v) is 3.92. The fraction of sp³-hybridized carbons (Fsp3) is 0.278. The second-order valence-electron chi connectivity index (χ2n) is 5.91. The normalized spacial score (nSPS) is 15.5. The summed E-state index contributed by atoms with van der Waals surface area (Å²) in [7, 11) is 0. The van der Waals surface area contributed by atoms with Crippen LogP contribution >= 0.6 is 11.3 Å². The van der Waals surface area contributed by atoms with Crippen molar-refractivity contribution in [3.05, 3.63) is 46.6 Å². The molecular weight excluding hydrogens is 338 g/mol. The predicted molar refractivity (Wildman–Crippen MR) is 99.3 cm³/mol. The van der Waals surface area contributed by atoms with Crippen LogP contribution in [0.2, 0.25) is 0 Å². The lowest BCUT2D eigenvalue weighted by Crippen LogP contribution is -2.41. The molecule has 1 amide bonds. The third-order valence-electron chi connectivity index (χ3n) is 4.16. The van der Waals surface area contributed by atoms with Crippen LogP contribution < -0.4 is 10.7 Å². The number of benzene rings is 1. The molecule has 1 fully saturated rings. The molecule has 0 saturated carbocycles. The molecule has 0 bridgehead atoms. The van der Waals surface area contributed by atoms with E-state index in [0.717, 1.165) is 22.5 Å². The molecular formula is C18H17N3O3S. The van der Waals surface area contributed by atoms with Crippen molar-refractivity contribution in [2.45, 2.75) is 0 Å². The standard InChI is InChI=1S/C18H17N3O3S/c22-16(11-21-7-9-24-10-8-21)19-15-6-5-14-17(20-15)18(23)12-3-1-2-4-13(12)25-14/h1-6H,7-11H2,(H,19,20,22). The molecule has 25 heavy (non-hydrogen) atoms. The first-order chi connectivity index (χ1) is 12.2. The van der Waals surface area contributed by atoms with Crippen molar-refractivity contribution in [1.29, 1.82) is 0 Å². The SMILES string of the molecule is O=C(CN1CCOCC1)Nc1ccc2sc3ccccc3c(=O)c2n1. The molecule has 4 rings (SSSR count). The van der Waals surface area contributed by atoms with Crippen molar-refractivity contribution in [2.24, 2.45) is 0 Å². The van der Waals surface area contributed by atoms with E-state index in [0.29, 0.717) is 36.5 Å². The van der Waals surface area contributed by atoms with E-state index in [-0.39, 0.29) is 11.3 Å². The molecule has 3 heterocycles. The number of ether oxygens (including phenoxy) is 1. The Balaban J connectivity index is 1.60. The maximum atomic E-state index is 12.7. The van der Waals surface area contributed by atoms with Crippen molar-refractivity contribution in [2.75, 3.05) is 38.2 Å². The van der Waals surface area contributed by atoms with Crippen LogP contribution in [-0.4, -0.2) is 48.6 Å². The van der Waals surface area contributed by atoms with Crippen molar-refractivity contribution < 1.29 is 9.53 Å². The Hall–Kier alpha value is -2.35. The van der Waals surface area contributed by atoms with E-state index in [9.17, 15) is 9.59 Å². The number of nitrogens with one attached hydrogen (secondary N) is 1. The minimum atomic E-state index is -0.134. The van der Waals surface area contributed by atoms with Crippen LogP contribution in [0, 0.1) is 0 Å². The summed E-state index contributed by atoms with van der Waals surface area (Å²) in [5, 5.41) is 3.45. The van der Waals surface area contributed by atoms with Crippen LogP contribution in [0.1, 0.15) is 0 Å². The second kappa shape index (κ2) is 6.87.